The van der Waals surface area contributed by atoms with Crippen LogP contribution in [0, 0.1) is 0 Å². The molecule has 1 amide bonds. The predicted octanol–water partition coefficient (Wildman–Crippen LogP) is 4.79. The lowest BCUT2D eigenvalue weighted by molar-refractivity contribution is 0.102. The first-order chi connectivity index (χ1) is 9.61. The molecule has 20 heavy (non-hydrogen) atoms. The van der Waals surface area contributed by atoms with Crippen molar-refractivity contribution in [2.24, 2.45) is 0 Å². The van der Waals surface area contributed by atoms with Crippen molar-refractivity contribution in [3.8, 4) is 0 Å². The monoisotopic (exact) mass is 352 g/mol. The average Bonchev–Trinajstić information content (AvgIpc) is 2.44. The Morgan fingerprint density at radius 2 is 1.95 bits per heavy atom. The third-order valence-corrected chi connectivity index (χ3v) is 3.54. The van der Waals surface area contributed by atoms with Gasteiger partial charge in [0.25, 0.3) is 5.91 Å². The fourth-order valence-electron chi connectivity index (χ4n) is 1.81. The lowest BCUT2D eigenvalue weighted by Gasteiger charge is -2.12. The van der Waals surface area contributed by atoms with Crippen LogP contribution in [0.1, 0.15) is 17.3 Å². The maximum absolute atomic E-state index is 12.3. The highest BCUT2D eigenvalue weighted by molar-refractivity contribution is 9.10. The van der Waals surface area contributed by atoms with Crippen LogP contribution in [0.5, 0.6) is 0 Å². The van der Waals surface area contributed by atoms with Crippen molar-refractivity contribution in [3.05, 3.63) is 57.5 Å². The minimum atomic E-state index is -0.193. The number of anilines is 2. The molecular formula is C15H14BrClN2O. The summed E-state index contributed by atoms with van der Waals surface area (Å²) in [5, 5.41) is 6.49. The lowest BCUT2D eigenvalue weighted by Crippen LogP contribution is -2.15. The van der Waals surface area contributed by atoms with Gasteiger partial charge in [0.15, 0.2) is 0 Å². The van der Waals surface area contributed by atoms with Crippen molar-refractivity contribution < 1.29 is 4.79 Å². The molecule has 0 spiro atoms. The van der Waals surface area contributed by atoms with Crippen molar-refractivity contribution in [3.63, 3.8) is 0 Å². The summed E-state index contributed by atoms with van der Waals surface area (Å²) in [5.41, 5.74) is 1.97. The van der Waals surface area contributed by atoms with Gasteiger partial charge < -0.3 is 10.6 Å². The zero-order valence-corrected chi connectivity index (χ0v) is 13.3. The molecule has 0 heterocycles. The Morgan fingerprint density at radius 3 is 2.70 bits per heavy atom. The highest BCUT2D eigenvalue weighted by Gasteiger charge is 2.12. The molecule has 0 aliphatic heterocycles. The molecular weight excluding hydrogens is 340 g/mol. The molecule has 0 aromatic heterocycles. The Morgan fingerprint density at radius 1 is 1.20 bits per heavy atom. The SMILES string of the molecule is CCNc1ccccc1C(=O)Nc1cc(Br)ccc1Cl. The first kappa shape index (κ1) is 14.9. The molecule has 0 radical (unpaired) electrons. The number of carbonyl (C=O) groups is 1. The molecule has 5 heteroatoms. The summed E-state index contributed by atoms with van der Waals surface area (Å²) in [7, 11) is 0. The molecule has 0 fully saturated rings. The zero-order valence-electron chi connectivity index (χ0n) is 10.9. The zero-order chi connectivity index (χ0) is 14.5. The average molecular weight is 354 g/mol. The number of halogens is 2. The first-order valence-electron chi connectivity index (χ1n) is 6.21. The van der Waals surface area contributed by atoms with Crippen molar-refractivity contribution in [1.82, 2.24) is 0 Å². The van der Waals surface area contributed by atoms with Gasteiger partial charge in [0, 0.05) is 16.7 Å². The van der Waals surface area contributed by atoms with E-state index in [4.69, 9.17) is 11.6 Å². The van der Waals surface area contributed by atoms with E-state index >= 15 is 0 Å². The van der Waals surface area contributed by atoms with Crippen LogP contribution in [-0.4, -0.2) is 12.5 Å². The fraction of sp³-hybridized carbons (Fsp3) is 0.133. The summed E-state index contributed by atoms with van der Waals surface area (Å²) in [6.07, 6.45) is 0. The number of rotatable bonds is 4. The van der Waals surface area contributed by atoms with Gasteiger partial charge in [-0.3, -0.25) is 4.79 Å². The molecule has 0 atom stereocenters. The van der Waals surface area contributed by atoms with Gasteiger partial charge in [0.2, 0.25) is 0 Å². The number of amides is 1. The van der Waals surface area contributed by atoms with Crippen molar-refractivity contribution in [2.45, 2.75) is 6.92 Å². The van der Waals surface area contributed by atoms with Crippen LogP contribution in [0.15, 0.2) is 46.9 Å². The van der Waals surface area contributed by atoms with Crippen LogP contribution in [0.25, 0.3) is 0 Å². The van der Waals surface area contributed by atoms with Crippen LogP contribution < -0.4 is 10.6 Å². The predicted molar refractivity (Wildman–Crippen MR) is 87.7 cm³/mol. The lowest BCUT2D eigenvalue weighted by atomic mass is 10.1. The van der Waals surface area contributed by atoms with Gasteiger partial charge in [0.1, 0.15) is 0 Å². The minimum absolute atomic E-state index is 0.193. The molecule has 0 saturated carbocycles. The highest BCUT2D eigenvalue weighted by atomic mass is 79.9. The Bertz CT molecular complexity index is 631. The fourth-order valence-corrected chi connectivity index (χ4v) is 2.33. The van der Waals surface area contributed by atoms with Gasteiger partial charge in [0.05, 0.1) is 16.3 Å². The third-order valence-electron chi connectivity index (χ3n) is 2.72. The number of hydrogen-bond donors (Lipinski definition) is 2. The maximum atomic E-state index is 12.3. The topological polar surface area (TPSA) is 41.1 Å². The Balaban J connectivity index is 2.26. The van der Waals surface area contributed by atoms with E-state index in [1.54, 1.807) is 18.2 Å². The summed E-state index contributed by atoms with van der Waals surface area (Å²) in [6.45, 7) is 2.74. The smallest absolute Gasteiger partial charge is 0.257 e. The van der Waals surface area contributed by atoms with Crippen molar-refractivity contribution in [1.29, 1.82) is 0 Å². The van der Waals surface area contributed by atoms with Gasteiger partial charge in [-0.2, -0.15) is 0 Å². The van der Waals surface area contributed by atoms with E-state index in [2.05, 4.69) is 26.6 Å². The molecule has 104 valence electrons. The quantitative estimate of drug-likeness (QED) is 0.830. The summed E-state index contributed by atoms with van der Waals surface area (Å²) < 4.78 is 0.858. The second kappa shape index (κ2) is 6.77. The molecule has 2 aromatic carbocycles. The largest absolute Gasteiger partial charge is 0.385 e. The second-order valence-corrected chi connectivity index (χ2v) is 5.48. The number of para-hydroxylation sites is 1. The normalized spacial score (nSPS) is 10.2. The van der Waals surface area contributed by atoms with Crippen LogP contribution in [0.3, 0.4) is 0 Å². The summed E-state index contributed by atoms with van der Waals surface area (Å²) in [6, 6.07) is 12.7. The number of nitrogens with one attached hydrogen (secondary N) is 2. The summed E-state index contributed by atoms with van der Waals surface area (Å²) in [5.74, 6) is -0.193. The van der Waals surface area contributed by atoms with Gasteiger partial charge in [-0.25, -0.2) is 0 Å². The molecule has 0 aliphatic rings. The van der Waals surface area contributed by atoms with Gasteiger partial charge >= 0.3 is 0 Å². The molecule has 0 bridgehead atoms. The summed E-state index contributed by atoms with van der Waals surface area (Å²) >= 11 is 9.44. The van der Waals surface area contributed by atoms with Crippen molar-refractivity contribution >= 4 is 44.8 Å². The van der Waals surface area contributed by atoms with Crippen molar-refractivity contribution in [2.75, 3.05) is 17.2 Å². The Kier molecular flexibility index (Phi) is 5.04. The number of benzene rings is 2. The molecule has 2 aromatic rings. The van der Waals surface area contributed by atoms with Gasteiger partial charge in [-0.15, -0.1) is 0 Å². The van der Waals surface area contributed by atoms with Crippen LogP contribution >= 0.6 is 27.5 Å². The summed E-state index contributed by atoms with van der Waals surface area (Å²) in [4.78, 5) is 12.3. The highest BCUT2D eigenvalue weighted by Crippen LogP contribution is 2.27. The molecule has 3 nitrogen and oxygen atoms in total. The molecule has 2 N–H and O–H groups in total. The van der Waals surface area contributed by atoms with E-state index in [0.717, 1.165) is 16.7 Å². The molecule has 0 aliphatic carbocycles. The molecule has 0 saturated heterocycles. The van der Waals surface area contributed by atoms with Gasteiger partial charge in [-0.1, -0.05) is 39.7 Å². The Labute approximate surface area is 131 Å². The first-order valence-corrected chi connectivity index (χ1v) is 7.38. The maximum Gasteiger partial charge on any atom is 0.257 e. The van der Waals surface area contributed by atoms with E-state index < -0.39 is 0 Å². The Hall–Kier alpha value is -1.52. The molecule has 0 unspecified atom stereocenters. The number of hydrogen-bond acceptors (Lipinski definition) is 2. The van der Waals surface area contributed by atoms with E-state index in [1.165, 1.54) is 0 Å². The number of carbonyl (C=O) groups excluding carboxylic acids is 1. The van der Waals surface area contributed by atoms with Gasteiger partial charge in [-0.05, 0) is 37.3 Å². The van der Waals surface area contributed by atoms with E-state index in [0.29, 0.717) is 16.3 Å². The van der Waals surface area contributed by atoms with Crippen LogP contribution in [0.2, 0.25) is 5.02 Å². The minimum Gasteiger partial charge on any atom is -0.385 e. The second-order valence-electron chi connectivity index (χ2n) is 4.15. The standard InChI is InChI=1S/C15H14BrClN2O/c1-2-18-13-6-4-3-5-11(13)15(20)19-14-9-10(16)7-8-12(14)17/h3-9,18H,2H2,1H3,(H,19,20). The van der Waals surface area contributed by atoms with E-state index in [1.807, 2.05) is 31.2 Å². The van der Waals surface area contributed by atoms with Crippen LogP contribution in [0.4, 0.5) is 11.4 Å². The van der Waals surface area contributed by atoms with E-state index in [9.17, 15) is 4.79 Å². The third kappa shape index (κ3) is 3.52. The van der Waals surface area contributed by atoms with E-state index in [-0.39, 0.29) is 5.91 Å². The molecule has 2 rings (SSSR count). The van der Waals surface area contributed by atoms with Crippen LogP contribution in [-0.2, 0) is 0 Å².